The van der Waals surface area contributed by atoms with Gasteiger partial charge >= 0.3 is 13.8 Å². The van der Waals surface area contributed by atoms with Crippen LogP contribution in [-0.2, 0) is 27.9 Å². The lowest BCUT2D eigenvalue weighted by Gasteiger charge is -2.24. The van der Waals surface area contributed by atoms with Gasteiger partial charge in [0.2, 0.25) is 0 Å². The smallest absolute Gasteiger partial charge is 0.457 e. The van der Waals surface area contributed by atoms with Gasteiger partial charge in [-0.1, -0.05) is 179 Å². The van der Waals surface area contributed by atoms with E-state index in [-0.39, 0.29) is 25.8 Å². The minimum absolute atomic E-state index is 0.0835. The van der Waals surface area contributed by atoms with Gasteiger partial charge in [-0.05, 0) is 44.9 Å². The fraction of sp³-hybridized carbons (Fsp3) is 0.848. The largest absolute Gasteiger partial charge is 0.472 e. The van der Waals surface area contributed by atoms with Crippen molar-refractivity contribution in [3.8, 4) is 0 Å². The highest BCUT2D eigenvalue weighted by molar-refractivity contribution is 7.47. The first-order valence-electron chi connectivity index (χ1n) is 22.7. The van der Waals surface area contributed by atoms with Crippen molar-refractivity contribution in [2.45, 2.75) is 200 Å². The number of likely N-dealkylation sites (N-methyl/N-ethyl adjacent to an activating group) is 1. The van der Waals surface area contributed by atoms with E-state index in [1.54, 1.807) is 0 Å². The van der Waals surface area contributed by atoms with Crippen molar-refractivity contribution in [2.75, 3.05) is 54.1 Å². The Morgan fingerprint density at radius 3 is 1.56 bits per heavy atom. The van der Waals surface area contributed by atoms with Crippen LogP contribution in [0.25, 0.3) is 0 Å². The first-order valence-corrected chi connectivity index (χ1v) is 24.2. The minimum Gasteiger partial charge on any atom is -0.457 e. The number of hydrogen-bond acceptors (Lipinski definition) is 6. The normalized spacial score (nSPS) is 14.1. The van der Waals surface area contributed by atoms with E-state index in [0.717, 1.165) is 57.8 Å². The zero-order valence-electron chi connectivity index (χ0n) is 36.7. The van der Waals surface area contributed by atoms with Crippen molar-refractivity contribution < 1.29 is 37.3 Å². The summed E-state index contributed by atoms with van der Waals surface area (Å²) in [5.41, 5.74) is 0. The van der Waals surface area contributed by atoms with Crippen LogP contribution in [0.1, 0.15) is 194 Å². The molecule has 0 aromatic heterocycles. The molecule has 0 fully saturated rings. The van der Waals surface area contributed by atoms with E-state index >= 15 is 0 Å². The molecule has 324 valence electrons. The number of nitrogens with zero attached hydrogens (tertiary/aromatic N) is 1. The summed E-state index contributed by atoms with van der Waals surface area (Å²) in [6.07, 6.45) is 46.2. The second kappa shape index (κ2) is 39.5. The summed E-state index contributed by atoms with van der Waals surface area (Å²) in [4.78, 5) is 22.9. The maximum absolute atomic E-state index is 12.7. The number of phosphoric acid groups is 1. The molecule has 0 saturated carbocycles. The summed E-state index contributed by atoms with van der Waals surface area (Å²) in [6.45, 7) is 5.49. The number of unbranched alkanes of at least 4 members (excludes halogenated alkanes) is 22. The lowest BCUT2D eigenvalue weighted by atomic mass is 10.0. The molecule has 0 bridgehead atoms. The number of esters is 1. The molecule has 2 atom stereocenters. The van der Waals surface area contributed by atoms with Gasteiger partial charge in [-0.2, -0.15) is 0 Å². The number of ether oxygens (including phenoxy) is 2. The van der Waals surface area contributed by atoms with Crippen molar-refractivity contribution in [3.05, 3.63) is 36.5 Å². The average Bonchev–Trinajstić information content (AvgIpc) is 3.13. The van der Waals surface area contributed by atoms with Crippen molar-refractivity contribution >= 4 is 13.8 Å². The van der Waals surface area contributed by atoms with Crippen LogP contribution in [-0.4, -0.2) is 75.6 Å². The number of carbonyl (C=O) groups excluding carboxylic acids is 1. The Hall–Kier alpha value is -1.28. The molecule has 0 aliphatic rings. The molecule has 0 amide bonds. The molecule has 55 heavy (non-hydrogen) atoms. The molecule has 0 aromatic carbocycles. The van der Waals surface area contributed by atoms with Crippen molar-refractivity contribution in [1.29, 1.82) is 0 Å². The Balaban J connectivity index is 4.17. The predicted molar refractivity (Wildman–Crippen MR) is 233 cm³/mol. The summed E-state index contributed by atoms with van der Waals surface area (Å²) in [5.74, 6) is -0.340. The summed E-state index contributed by atoms with van der Waals surface area (Å²) in [6, 6.07) is 0. The molecule has 8 nitrogen and oxygen atoms in total. The Bertz CT molecular complexity index is 978. The van der Waals surface area contributed by atoms with Crippen molar-refractivity contribution in [3.63, 3.8) is 0 Å². The van der Waals surface area contributed by atoms with E-state index in [0.29, 0.717) is 24.1 Å². The van der Waals surface area contributed by atoms with Gasteiger partial charge in [0, 0.05) is 13.0 Å². The van der Waals surface area contributed by atoms with Crippen LogP contribution in [0.3, 0.4) is 0 Å². The van der Waals surface area contributed by atoms with Gasteiger partial charge in [-0.25, -0.2) is 4.57 Å². The second-order valence-electron chi connectivity index (χ2n) is 16.4. The molecule has 0 spiro atoms. The number of hydrogen-bond donors (Lipinski definition) is 1. The Morgan fingerprint density at radius 1 is 0.582 bits per heavy atom. The fourth-order valence-electron chi connectivity index (χ4n) is 6.21. The van der Waals surface area contributed by atoms with Crippen LogP contribution in [0.2, 0.25) is 0 Å². The predicted octanol–water partition coefficient (Wildman–Crippen LogP) is 13.4. The summed E-state index contributed by atoms with van der Waals surface area (Å²) >= 11 is 0. The van der Waals surface area contributed by atoms with Gasteiger partial charge in [-0.15, -0.1) is 0 Å². The average molecular weight is 799 g/mol. The lowest BCUT2D eigenvalue weighted by Crippen LogP contribution is -2.37. The van der Waals surface area contributed by atoms with Gasteiger partial charge in [0.1, 0.15) is 19.3 Å². The summed E-state index contributed by atoms with van der Waals surface area (Å²) in [7, 11) is 1.65. The Morgan fingerprint density at radius 2 is 1.05 bits per heavy atom. The number of phosphoric ester groups is 1. The first kappa shape index (κ1) is 53.7. The number of quaternary nitrogens is 1. The molecule has 0 heterocycles. The standard InChI is InChI=1S/C46H88NO7P/c1-6-8-10-12-14-16-18-20-21-22-23-24-25-26-28-30-32-34-36-38-41-51-43-45(44-53-55(49,50)52-42-40-47(3,4)5)54-46(48)39-37-35-33-31-29-27-19-17-15-13-11-9-7-2/h9,11,15,17,27,29,45H,6-8,10,12-14,16,18-26,28,30-44H2,1-5H3/p+1/b11-9-,17-15-,29-27-. The number of carbonyl (C=O) groups is 1. The Kier molecular flexibility index (Phi) is 38.6. The van der Waals surface area contributed by atoms with Crippen LogP contribution < -0.4 is 0 Å². The third-order valence-electron chi connectivity index (χ3n) is 9.72. The van der Waals surface area contributed by atoms with Crippen LogP contribution in [0.4, 0.5) is 0 Å². The molecule has 2 unspecified atom stereocenters. The summed E-state index contributed by atoms with van der Waals surface area (Å²) < 4.78 is 35.0. The quantitative estimate of drug-likeness (QED) is 0.0216. The number of rotatable bonds is 42. The molecule has 0 aliphatic carbocycles. The lowest BCUT2D eigenvalue weighted by molar-refractivity contribution is -0.870. The van der Waals surface area contributed by atoms with E-state index in [1.807, 2.05) is 21.1 Å². The molecular formula is C46H89NO7P+. The van der Waals surface area contributed by atoms with Gasteiger partial charge < -0.3 is 18.9 Å². The van der Waals surface area contributed by atoms with Crippen LogP contribution in [0.5, 0.6) is 0 Å². The van der Waals surface area contributed by atoms with Crippen LogP contribution in [0, 0.1) is 0 Å². The zero-order valence-corrected chi connectivity index (χ0v) is 37.6. The van der Waals surface area contributed by atoms with E-state index < -0.39 is 13.9 Å². The van der Waals surface area contributed by atoms with Crippen molar-refractivity contribution in [2.24, 2.45) is 0 Å². The summed E-state index contributed by atoms with van der Waals surface area (Å²) in [5, 5.41) is 0. The van der Waals surface area contributed by atoms with E-state index in [2.05, 4.69) is 50.3 Å². The third-order valence-corrected chi connectivity index (χ3v) is 10.7. The van der Waals surface area contributed by atoms with Gasteiger partial charge in [0.15, 0.2) is 0 Å². The van der Waals surface area contributed by atoms with E-state index in [4.69, 9.17) is 18.5 Å². The first-order chi connectivity index (χ1) is 26.6. The van der Waals surface area contributed by atoms with E-state index in [1.165, 1.54) is 116 Å². The molecule has 1 N–H and O–H groups in total. The van der Waals surface area contributed by atoms with Crippen LogP contribution >= 0.6 is 7.82 Å². The highest BCUT2D eigenvalue weighted by Gasteiger charge is 2.26. The molecule has 0 aromatic rings. The van der Waals surface area contributed by atoms with Gasteiger partial charge in [0.25, 0.3) is 0 Å². The molecule has 0 aliphatic heterocycles. The molecule has 0 saturated heterocycles. The molecule has 0 radical (unpaired) electrons. The topological polar surface area (TPSA) is 91.3 Å². The monoisotopic (exact) mass is 799 g/mol. The molecule has 0 rings (SSSR count). The number of allylic oxidation sites excluding steroid dienone is 6. The van der Waals surface area contributed by atoms with Gasteiger partial charge in [-0.3, -0.25) is 13.8 Å². The van der Waals surface area contributed by atoms with Crippen LogP contribution in [0.15, 0.2) is 36.5 Å². The minimum atomic E-state index is -4.28. The highest BCUT2D eigenvalue weighted by Crippen LogP contribution is 2.43. The maximum atomic E-state index is 12.7. The maximum Gasteiger partial charge on any atom is 0.472 e. The third kappa shape index (κ3) is 43.7. The SMILES string of the molecule is CC/C=C\C/C=C\C/C=C\CCCCCC(=O)OC(COCCCCCCCCCCCCCCCCCCCCCC)COP(=O)(O)OCC[N+](C)(C)C. The van der Waals surface area contributed by atoms with Gasteiger partial charge in [0.05, 0.1) is 34.4 Å². The zero-order chi connectivity index (χ0) is 40.6. The fourth-order valence-corrected chi connectivity index (χ4v) is 6.96. The highest BCUT2D eigenvalue weighted by atomic mass is 31.2. The second-order valence-corrected chi connectivity index (χ2v) is 17.9. The van der Waals surface area contributed by atoms with E-state index in [9.17, 15) is 14.3 Å². The van der Waals surface area contributed by atoms with Crippen molar-refractivity contribution in [1.82, 2.24) is 0 Å². The Labute approximate surface area is 340 Å². The molecular weight excluding hydrogens is 709 g/mol. The molecule has 9 heteroatoms.